The molecule has 0 aliphatic heterocycles. The molecule has 18 heavy (non-hydrogen) atoms. The second kappa shape index (κ2) is 4.80. The molecular weight excluding hydrogens is 234 g/mol. The van der Waals surface area contributed by atoms with E-state index in [4.69, 9.17) is 10.8 Å². The number of nitrogens with two attached hydrogens (primary N) is 1. The molecule has 0 saturated heterocycles. The third-order valence-corrected chi connectivity index (χ3v) is 2.44. The van der Waals surface area contributed by atoms with Gasteiger partial charge >= 0.3 is 5.97 Å². The minimum absolute atomic E-state index is 0.0450. The zero-order valence-corrected chi connectivity index (χ0v) is 9.38. The van der Waals surface area contributed by atoms with Gasteiger partial charge in [0.1, 0.15) is 0 Å². The summed E-state index contributed by atoms with van der Waals surface area (Å²) < 4.78 is 0. The SMILES string of the molecule is NCC(=O)Nc1ccc2ccnc(C(=O)O)c2c1. The number of nitrogens with one attached hydrogen (secondary N) is 1. The second-order valence-electron chi connectivity index (χ2n) is 3.65. The molecule has 1 heterocycles. The number of carboxylic acid groups (broad SMARTS) is 1. The highest BCUT2D eigenvalue weighted by Crippen LogP contribution is 2.21. The maximum absolute atomic E-state index is 11.2. The first-order valence-corrected chi connectivity index (χ1v) is 5.24. The molecule has 0 bridgehead atoms. The average molecular weight is 245 g/mol. The Morgan fingerprint density at radius 2 is 2.11 bits per heavy atom. The van der Waals surface area contributed by atoms with Crippen LogP contribution in [0, 0.1) is 0 Å². The third-order valence-electron chi connectivity index (χ3n) is 2.44. The molecule has 6 nitrogen and oxygen atoms in total. The number of carbonyl (C=O) groups is 2. The van der Waals surface area contributed by atoms with Crippen molar-refractivity contribution in [2.24, 2.45) is 5.73 Å². The number of rotatable bonds is 3. The van der Waals surface area contributed by atoms with E-state index in [2.05, 4.69) is 10.3 Å². The molecule has 1 aromatic heterocycles. The molecule has 1 aromatic carbocycles. The van der Waals surface area contributed by atoms with Crippen molar-refractivity contribution in [3.05, 3.63) is 36.2 Å². The highest BCUT2D eigenvalue weighted by Gasteiger charge is 2.10. The maximum Gasteiger partial charge on any atom is 0.355 e. The number of carboxylic acids is 1. The lowest BCUT2D eigenvalue weighted by Crippen LogP contribution is -2.21. The van der Waals surface area contributed by atoms with Gasteiger partial charge in [-0.2, -0.15) is 0 Å². The van der Waals surface area contributed by atoms with Crippen molar-refractivity contribution in [1.29, 1.82) is 0 Å². The molecule has 0 atom stereocenters. The van der Waals surface area contributed by atoms with Gasteiger partial charge in [-0.15, -0.1) is 0 Å². The predicted octanol–water partition coefficient (Wildman–Crippen LogP) is 0.830. The van der Waals surface area contributed by atoms with Crippen LogP contribution in [0.2, 0.25) is 0 Å². The van der Waals surface area contributed by atoms with E-state index in [0.29, 0.717) is 11.1 Å². The van der Waals surface area contributed by atoms with Crippen LogP contribution in [0.3, 0.4) is 0 Å². The number of amides is 1. The third kappa shape index (κ3) is 2.28. The first-order valence-electron chi connectivity index (χ1n) is 5.24. The molecule has 0 aliphatic rings. The van der Waals surface area contributed by atoms with Crippen molar-refractivity contribution in [1.82, 2.24) is 4.98 Å². The van der Waals surface area contributed by atoms with Gasteiger partial charge in [-0.05, 0) is 23.6 Å². The van der Waals surface area contributed by atoms with Crippen molar-refractivity contribution < 1.29 is 14.7 Å². The van der Waals surface area contributed by atoms with Crippen molar-refractivity contribution in [2.75, 3.05) is 11.9 Å². The molecule has 0 saturated carbocycles. The molecule has 2 aromatic rings. The number of fused-ring (bicyclic) bond motifs is 1. The van der Waals surface area contributed by atoms with Crippen LogP contribution < -0.4 is 11.1 Å². The van der Waals surface area contributed by atoms with E-state index in [9.17, 15) is 9.59 Å². The number of carbonyl (C=O) groups excluding carboxylic acids is 1. The summed E-state index contributed by atoms with van der Waals surface area (Å²) in [5, 5.41) is 12.8. The number of nitrogens with zero attached hydrogens (tertiary/aromatic N) is 1. The number of benzene rings is 1. The maximum atomic E-state index is 11.2. The predicted molar refractivity (Wildman–Crippen MR) is 66.4 cm³/mol. The van der Waals surface area contributed by atoms with Crippen LogP contribution in [-0.4, -0.2) is 28.5 Å². The van der Waals surface area contributed by atoms with Gasteiger partial charge in [0.2, 0.25) is 5.91 Å². The van der Waals surface area contributed by atoms with E-state index in [1.165, 1.54) is 6.20 Å². The Labute approximate surface area is 102 Å². The molecule has 0 fully saturated rings. The number of anilines is 1. The fourth-order valence-corrected chi connectivity index (χ4v) is 1.63. The molecule has 0 spiro atoms. The van der Waals surface area contributed by atoms with Gasteiger partial charge in [0.05, 0.1) is 6.54 Å². The Morgan fingerprint density at radius 1 is 1.33 bits per heavy atom. The summed E-state index contributed by atoms with van der Waals surface area (Å²) in [6.07, 6.45) is 1.43. The van der Waals surface area contributed by atoms with E-state index in [-0.39, 0.29) is 18.1 Å². The topological polar surface area (TPSA) is 105 Å². The van der Waals surface area contributed by atoms with Crippen molar-refractivity contribution in [3.63, 3.8) is 0 Å². The van der Waals surface area contributed by atoms with Crippen LogP contribution in [0.15, 0.2) is 30.5 Å². The minimum atomic E-state index is -1.11. The largest absolute Gasteiger partial charge is 0.476 e. The molecule has 0 radical (unpaired) electrons. The lowest BCUT2D eigenvalue weighted by atomic mass is 10.1. The fraction of sp³-hybridized carbons (Fsp3) is 0.0833. The zero-order valence-electron chi connectivity index (χ0n) is 9.38. The van der Waals surface area contributed by atoms with E-state index < -0.39 is 5.97 Å². The molecular formula is C12H11N3O3. The number of hydrogen-bond acceptors (Lipinski definition) is 4. The average Bonchev–Trinajstić information content (AvgIpc) is 2.37. The van der Waals surface area contributed by atoms with E-state index >= 15 is 0 Å². The normalized spacial score (nSPS) is 10.3. The first-order chi connectivity index (χ1) is 8.61. The van der Waals surface area contributed by atoms with E-state index in [1.807, 2.05) is 0 Å². The van der Waals surface area contributed by atoms with Gasteiger partial charge in [-0.25, -0.2) is 9.78 Å². The van der Waals surface area contributed by atoms with E-state index in [1.54, 1.807) is 24.3 Å². The molecule has 6 heteroatoms. The van der Waals surface area contributed by atoms with Crippen molar-refractivity contribution >= 4 is 28.3 Å². The Balaban J connectivity index is 2.52. The quantitative estimate of drug-likeness (QED) is 0.742. The zero-order chi connectivity index (χ0) is 13.1. The number of hydrogen-bond donors (Lipinski definition) is 3. The summed E-state index contributed by atoms with van der Waals surface area (Å²) in [5.74, 6) is -1.45. The monoisotopic (exact) mass is 245 g/mol. The van der Waals surface area contributed by atoms with Gasteiger partial charge in [0, 0.05) is 17.3 Å². The Hall–Kier alpha value is -2.47. The summed E-state index contributed by atoms with van der Waals surface area (Å²) in [6, 6.07) is 6.67. The number of aromatic nitrogens is 1. The highest BCUT2D eigenvalue weighted by molar-refractivity contribution is 6.03. The summed E-state index contributed by atoms with van der Waals surface area (Å²) in [5.41, 5.74) is 5.64. The van der Waals surface area contributed by atoms with Crippen LogP contribution in [-0.2, 0) is 4.79 Å². The molecule has 92 valence electrons. The summed E-state index contributed by atoms with van der Waals surface area (Å²) in [6.45, 7) is -0.128. The molecule has 0 unspecified atom stereocenters. The van der Waals surface area contributed by atoms with Crippen LogP contribution in [0.5, 0.6) is 0 Å². The van der Waals surface area contributed by atoms with Crippen LogP contribution in [0.4, 0.5) is 5.69 Å². The molecule has 2 rings (SSSR count). The standard InChI is InChI=1S/C12H11N3O3/c13-6-10(16)15-8-2-1-7-3-4-14-11(12(17)18)9(7)5-8/h1-5H,6,13H2,(H,15,16)(H,17,18). The van der Waals surface area contributed by atoms with Crippen molar-refractivity contribution in [3.8, 4) is 0 Å². The highest BCUT2D eigenvalue weighted by atomic mass is 16.4. The number of aromatic carboxylic acids is 1. The van der Waals surface area contributed by atoms with Gasteiger partial charge < -0.3 is 16.2 Å². The van der Waals surface area contributed by atoms with Gasteiger partial charge in [0.15, 0.2) is 5.69 Å². The lowest BCUT2D eigenvalue weighted by molar-refractivity contribution is -0.114. The summed E-state index contributed by atoms with van der Waals surface area (Å²) in [7, 11) is 0. The van der Waals surface area contributed by atoms with E-state index in [0.717, 1.165) is 5.39 Å². The lowest BCUT2D eigenvalue weighted by Gasteiger charge is -2.06. The number of pyridine rings is 1. The smallest absolute Gasteiger partial charge is 0.355 e. The van der Waals surface area contributed by atoms with Crippen LogP contribution >= 0.6 is 0 Å². The molecule has 4 N–H and O–H groups in total. The van der Waals surface area contributed by atoms with Gasteiger partial charge in [0.25, 0.3) is 0 Å². The van der Waals surface area contributed by atoms with Crippen LogP contribution in [0.25, 0.3) is 10.8 Å². The fourth-order valence-electron chi connectivity index (χ4n) is 1.63. The second-order valence-corrected chi connectivity index (χ2v) is 3.65. The Morgan fingerprint density at radius 3 is 2.78 bits per heavy atom. The van der Waals surface area contributed by atoms with Crippen LogP contribution in [0.1, 0.15) is 10.5 Å². The van der Waals surface area contributed by atoms with Crippen molar-refractivity contribution in [2.45, 2.75) is 0 Å². The Kier molecular flexibility index (Phi) is 3.20. The first kappa shape index (κ1) is 12.0. The summed E-state index contributed by atoms with van der Waals surface area (Å²) >= 11 is 0. The molecule has 1 amide bonds. The van der Waals surface area contributed by atoms with Gasteiger partial charge in [-0.3, -0.25) is 4.79 Å². The minimum Gasteiger partial charge on any atom is -0.476 e. The summed E-state index contributed by atoms with van der Waals surface area (Å²) in [4.78, 5) is 26.0. The molecule has 0 aliphatic carbocycles. The Bertz CT molecular complexity index is 625. The van der Waals surface area contributed by atoms with Gasteiger partial charge in [-0.1, -0.05) is 6.07 Å².